The molecule has 0 amide bonds. The average molecular weight is 265 g/mol. The molecule has 2 nitrogen and oxygen atoms in total. The molecule has 6 heteroatoms. The van der Waals surface area contributed by atoms with Crippen LogP contribution in [0.1, 0.15) is 18.9 Å². The Morgan fingerprint density at radius 1 is 1.22 bits per heavy atom. The number of hydrogen-bond acceptors (Lipinski definition) is 2. The Bertz CT molecular complexity index is 379. The van der Waals surface area contributed by atoms with Crippen molar-refractivity contribution in [2.45, 2.75) is 26.1 Å². The molecule has 0 bridgehead atoms. The highest BCUT2D eigenvalue weighted by atomic mass is 19.4. The van der Waals surface area contributed by atoms with Gasteiger partial charge in [0, 0.05) is 12.6 Å². The standard InChI is InChI=1S/C12H15F4NO/c1-2-3-17-7-9-4-10(13)6-11(5-9)18-8-12(14,15)16/h4-6,17H,2-3,7-8H2,1H3. The second-order valence-corrected chi connectivity index (χ2v) is 3.88. The Morgan fingerprint density at radius 3 is 2.56 bits per heavy atom. The van der Waals surface area contributed by atoms with Crippen molar-refractivity contribution >= 4 is 0 Å². The van der Waals surface area contributed by atoms with Crippen molar-refractivity contribution in [3.63, 3.8) is 0 Å². The third-order valence-corrected chi connectivity index (χ3v) is 2.09. The maximum Gasteiger partial charge on any atom is 0.422 e. The van der Waals surface area contributed by atoms with Gasteiger partial charge in [-0.05, 0) is 30.7 Å². The number of benzene rings is 1. The molecule has 0 saturated carbocycles. The SMILES string of the molecule is CCCNCc1cc(F)cc(OCC(F)(F)F)c1. The van der Waals surface area contributed by atoms with Gasteiger partial charge in [0.2, 0.25) is 0 Å². The lowest BCUT2D eigenvalue weighted by Gasteiger charge is -2.11. The molecule has 0 unspecified atom stereocenters. The lowest BCUT2D eigenvalue weighted by Crippen LogP contribution is -2.19. The Morgan fingerprint density at radius 2 is 1.94 bits per heavy atom. The van der Waals surface area contributed by atoms with Crippen LogP contribution in [0.4, 0.5) is 17.6 Å². The van der Waals surface area contributed by atoms with E-state index in [2.05, 4.69) is 10.1 Å². The maximum absolute atomic E-state index is 13.2. The van der Waals surface area contributed by atoms with E-state index in [1.807, 2.05) is 6.92 Å². The molecule has 0 spiro atoms. The number of rotatable bonds is 6. The predicted octanol–water partition coefficient (Wildman–Crippen LogP) is 3.27. The highest BCUT2D eigenvalue weighted by Gasteiger charge is 2.28. The van der Waals surface area contributed by atoms with Crippen molar-refractivity contribution in [2.24, 2.45) is 0 Å². The lowest BCUT2D eigenvalue weighted by molar-refractivity contribution is -0.153. The molecule has 0 aliphatic heterocycles. The third-order valence-electron chi connectivity index (χ3n) is 2.09. The van der Waals surface area contributed by atoms with Gasteiger partial charge < -0.3 is 10.1 Å². The van der Waals surface area contributed by atoms with Gasteiger partial charge >= 0.3 is 6.18 Å². The van der Waals surface area contributed by atoms with Gasteiger partial charge in [0.25, 0.3) is 0 Å². The predicted molar refractivity (Wildman–Crippen MR) is 59.9 cm³/mol. The van der Waals surface area contributed by atoms with Crippen molar-refractivity contribution in [3.8, 4) is 5.75 Å². The Balaban J connectivity index is 2.62. The minimum atomic E-state index is -4.42. The van der Waals surface area contributed by atoms with Gasteiger partial charge in [0.15, 0.2) is 6.61 Å². The monoisotopic (exact) mass is 265 g/mol. The van der Waals surface area contributed by atoms with Crippen LogP contribution in [0, 0.1) is 5.82 Å². The summed E-state index contributed by atoms with van der Waals surface area (Å²) in [5.41, 5.74) is 0.556. The van der Waals surface area contributed by atoms with Crippen LogP contribution in [-0.2, 0) is 6.54 Å². The topological polar surface area (TPSA) is 21.3 Å². The van der Waals surface area contributed by atoms with Gasteiger partial charge in [0.1, 0.15) is 11.6 Å². The van der Waals surface area contributed by atoms with Gasteiger partial charge in [-0.3, -0.25) is 0 Å². The van der Waals surface area contributed by atoms with Crippen molar-refractivity contribution in [2.75, 3.05) is 13.2 Å². The van der Waals surface area contributed by atoms with E-state index in [9.17, 15) is 17.6 Å². The molecule has 0 atom stereocenters. The summed E-state index contributed by atoms with van der Waals surface area (Å²) in [4.78, 5) is 0. The number of hydrogen-bond donors (Lipinski definition) is 1. The molecule has 0 aliphatic rings. The fourth-order valence-electron chi connectivity index (χ4n) is 1.38. The fourth-order valence-corrected chi connectivity index (χ4v) is 1.38. The molecule has 1 rings (SSSR count). The van der Waals surface area contributed by atoms with E-state index in [0.717, 1.165) is 19.0 Å². The van der Waals surface area contributed by atoms with Gasteiger partial charge in [-0.2, -0.15) is 13.2 Å². The molecular formula is C12H15F4NO. The Labute approximate surface area is 103 Å². The second kappa shape index (κ2) is 6.58. The summed E-state index contributed by atoms with van der Waals surface area (Å²) < 4.78 is 53.6. The molecule has 1 aromatic carbocycles. The molecule has 0 saturated heterocycles. The molecule has 0 aliphatic carbocycles. The minimum absolute atomic E-state index is 0.111. The number of ether oxygens (including phenoxy) is 1. The molecule has 102 valence electrons. The molecular weight excluding hydrogens is 250 g/mol. The number of halogens is 4. The normalized spacial score (nSPS) is 11.6. The number of nitrogens with one attached hydrogen (secondary N) is 1. The summed E-state index contributed by atoms with van der Waals surface area (Å²) in [7, 11) is 0. The third kappa shape index (κ3) is 5.86. The van der Waals surface area contributed by atoms with E-state index in [0.29, 0.717) is 12.1 Å². The molecule has 1 aromatic rings. The summed E-state index contributed by atoms with van der Waals surface area (Å²) in [5, 5.41) is 3.03. The zero-order valence-electron chi connectivity index (χ0n) is 9.98. The molecule has 0 heterocycles. The first-order chi connectivity index (χ1) is 8.40. The van der Waals surface area contributed by atoms with Crippen LogP contribution in [-0.4, -0.2) is 19.3 Å². The summed E-state index contributed by atoms with van der Waals surface area (Å²) in [5.74, 6) is -0.719. The van der Waals surface area contributed by atoms with Crippen molar-refractivity contribution in [1.29, 1.82) is 0 Å². The fraction of sp³-hybridized carbons (Fsp3) is 0.500. The summed E-state index contributed by atoms with van der Waals surface area (Å²) in [6, 6.07) is 3.61. The van der Waals surface area contributed by atoms with E-state index in [4.69, 9.17) is 0 Å². The van der Waals surface area contributed by atoms with Gasteiger partial charge in [-0.1, -0.05) is 6.92 Å². The van der Waals surface area contributed by atoms with Crippen LogP contribution in [0.2, 0.25) is 0 Å². The molecule has 0 aromatic heterocycles. The van der Waals surface area contributed by atoms with Gasteiger partial charge in [-0.15, -0.1) is 0 Å². The minimum Gasteiger partial charge on any atom is -0.484 e. The summed E-state index contributed by atoms with van der Waals surface area (Å²) in [6.07, 6.45) is -3.50. The molecule has 0 radical (unpaired) electrons. The summed E-state index contributed by atoms with van der Waals surface area (Å²) >= 11 is 0. The zero-order valence-corrected chi connectivity index (χ0v) is 9.98. The smallest absolute Gasteiger partial charge is 0.422 e. The van der Waals surface area contributed by atoms with Gasteiger partial charge in [-0.25, -0.2) is 4.39 Å². The van der Waals surface area contributed by atoms with Gasteiger partial charge in [0.05, 0.1) is 0 Å². The quantitative estimate of drug-likeness (QED) is 0.629. The highest BCUT2D eigenvalue weighted by Crippen LogP contribution is 2.20. The first-order valence-electron chi connectivity index (χ1n) is 5.60. The summed E-state index contributed by atoms with van der Waals surface area (Å²) in [6.45, 7) is 1.72. The molecule has 0 fully saturated rings. The van der Waals surface area contributed by atoms with E-state index < -0.39 is 18.6 Å². The van der Waals surface area contributed by atoms with Crippen molar-refractivity contribution in [3.05, 3.63) is 29.6 Å². The number of alkyl halides is 3. The van der Waals surface area contributed by atoms with E-state index in [-0.39, 0.29) is 5.75 Å². The first-order valence-corrected chi connectivity index (χ1v) is 5.60. The second-order valence-electron chi connectivity index (χ2n) is 3.88. The molecule has 1 N–H and O–H groups in total. The Kier molecular flexibility index (Phi) is 5.40. The van der Waals surface area contributed by atoms with Crippen LogP contribution in [0.5, 0.6) is 5.75 Å². The van der Waals surface area contributed by atoms with Crippen LogP contribution >= 0.6 is 0 Å². The maximum atomic E-state index is 13.2. The zero-order chi connectivity index (χ0) is 13.6. The van der Waals surface area contributed by atoms with Crippen molar-refractivity contribution in [1.82, 2.24) is 5.32 Å². The van der Waals surface area contributed by atoms with Crippen molar-refractivity contribution < 1.29 is 22.3 Å². The molecule has 18 heavy (non-hydrogen) atoms. The van der Waals surface area contributed by atoms with E-state index >= 15 is 0 Å². The van der Waals surface area contributed by atoms with Crippen LogP contribution in [0.15, 0.2) is 18.2 Å². The van der Waals surface area contributed by atoms with Crippen LogP contribution < -0.4 is 10.1 Å². The van der Waals surface area contributed by atoms with E-state index in [1.165, 1.54) is 12.1 Å². The van der Waals surface area contributed by atoms with Crippen LogP contribution in [0.3, 0.4) is 0 Å². The largest absolute Gasteiger partial charge is 0.484 e. The average Bonchev–Trinajstić information content (AvgIpc) is 2.25. The Hall–Kier alpha value is -1.30. The van der Waals surface area contributed by atoms with Crippen LogP contribution in [0.25, 0.3) is 0 Å². The van der Waals surface area contributed by atoms with E-state index in [1.54, 1.807) is 0 Å². The lowest BCUT2D eigenvalue weighted by atomic mass is 10.2. The first kappa shape index (κ1) is 14.8. The highest BCUT2D eigenvalue weighted by molar-refractivity contribution is 5.29.